The maximum absolute atomic E-state index is 12.2. The summed E-state index contributed by atoms with van der Waals surface area (Å²) in [6, 6.07) is 9.18. The van der Waals surface area contributed by atoms with Crippen LogP contribution in [0.4, 0.5) is 0 Å². The van der Waals surface area contributed by atoms with Crippen LogP contribution in [0.3, 0.4) is 0 Å². The fourth-order valence-corrected chi connectivity index (χ4v) is 2.56. The third-order valence-electron chi connectivity index (χ3n) is 3.94. The number of piperazine rings is 1. The van der Waals surface area contributed by atoms with Crippen molar-refractivity contribution >= 4 is 17.8 Å². The zero-order valence-corrected chi connectivity index (χ0v) is 14.5. The number of esters is 1. The summed E-state index contributed by atoms with van der Waals surface area (Å²) >= 11 is 0. The Kier molecular flexibility index (Phi) is 7.25. The zero-order valence-electron chi connectivity index (χ0n) is 14.5. The number of amides is 2. The minimum absolute atomic E-state index is 0.0131. The second-order valence-corrected chi connectivity index (χ2v) is 5.67. The number of para-hydroxylation sites is 1. The average Bonchev–Trinajstić information content (AvgIpc) is 2.65. The van der Waals surface area contributed by atoms with Gasteiger partial charge in [-0.2, -0.15) is 0 Å². The fraction of sp³-hybridized carbons (Fsp3) is 0.500. The van der Waals surface area contributed by atoms with Gasteiger partial charge in [0.2, 0.25) is 5.91 Å². The molecule has 1 aliphatic rings. The highest BCUT2D eigenvalue weighted by Gasteiger charge is 2.24. The van der Waals surface area contributed by atoms with E-state index in [2.05, 4.69) is 0 Å². The molecule has 25 heavy (non-hydrogen) atoms. The number of carbonyl (C=O) groups excluding carboxylic acids is 3. The third kappa shape index (κ3) is 6.10. The molecule has 136 valence electrons. The van der Waals surface area contributed by atoms with Crippen molar-refractivity contribution in [2.75, 3.05) is 39.4 Å². The fourth-order valence-electron chi connectivity index (χ4n) is 2.56. The predicted molar refractivity (Wildman–Crippen MR) is 91.0 cm³/mol. The largest absolute Gasteiger partial charge is 0.484 e. The molecule has 0 N–H and O–H groups in total. The van der Waals surface area contributed by atoms with Gasteiger partial charge in [-0.25, -0.2) is 0 Å². The van der Waals surface area contributed by atoms with Gasteiger partial charge in [-0.15, -0.1) is 0 Å². The Balaban J connectivity index is 1.69. The highest BCUT2D eigenvalue weighted by atomic mass is 16.5. The molecule has 1 aromatic carbocycles. The van der Waals surface area contributed by atoms with Gasteiger partial charge in [0.1, 0.15) is 5.75 Å². The minimum atomic E-state index is -0.359. The summed E-state index contributed by atoms with van der Waals surface area (Å²) in [5.74, 6) is 0.120. The van der Waals surface area contributed by atoms with E-state index in [1.807, 2.05) is 18.2 Å². The van der Waals surface area contributed by atoms with Crippen LogP contribution in [0.1, 0.15) is 19.8 Å². The van der Waals surface area contributed by atoms with E-state index in [0.29, 0.717) is 38.5 Å². The molecule has 2 rings (SSSR count). The van der Waals surface area contributed by atoms with Crippen LogP contribution < -0.4 is 4.74 Å². The maximum atomic E-state index is 12.2. The Morgan fingerprint density at radius 1 is 0.920 bits per heavy atom. The first kappa shape index (κ1) is 18.8. The van der Waals surface area contributed by atoms with Crippen molar-refractivity contribution < 1.29 is 23.9 Å². The molecular formula is C18H24N2O5. The summed E-state index contributed by atoms with van der Waals surface area (Å²) in [4.78, 5) is 38.9. The van der Waals surface area contributed by atoms with Crippen LogP contribution in [-0.2, 0) is 19.1 Å². The Labute approximate surface area is 147 Å². The molecular weight excluding hydrogens is 324 g/mol. The van der Waals surface area contributed by atoms with Crippen LogP contribution in [-0.4, -0.2) is 67.0 Å². The highest BCUT2D eigenvalue weighted by molar-refractivity contribution is 5.82. The van der Waals surface area contributed by atoms with E-state index in [1.54, 1.807) is 28.9 Å². The quantitative estimate of drug-likeness (QED) is 0.689. The van der Waals surface area contributed by atoms with Crippen molar-refractivity contribution in [1.29, 1.82) is 0 Å². The van der Waals surface area contributed by atoms with Crippen LogP contribution in [0, 0.1) is 0 Å². The van der Waals surface area contributed by atoms with Crippen molar-refractivity contribution in [3.63, 3.8) is 0 Å². The lowest BCUT2D eigenvalue weighted by molar-refractivity contribution is -0.146. The summed E-state index contributed by atoms with van der Waals surface area (Å²) in [7, 11) is 0. The van der Waals surface area contributed by atoms with Gasteiger partial charge in [-0.1, -0.05) is 18.2 Å². The van der Waals surface area contributed by atoms with E-state index >= 15 is 0 Å². The molecule has 7 nitrogen and oxygen atoms in total. The number of hydrogen-bond acceptors (Lipinski definition) is 5. The van der Waals surface area contributed by atoms with Crippen molar-refractivity contribution in [3.05, 3.63) is 30.3 Å². The molecule has 0 aliphatic carbocycles. The van der Waals surface area contributed by atoms with Gasteiger partial charge in [0.25, 0.3) is 5.91 Å². The predicted octanol–water partition coefficient (Wildman–Crippen LogP) is 1.08. The van der Waals surface area contributed by atoms with E-state index in [4.69, 9.17) is 9.47 Å². The van der Waals surface area contributed by atoms with Crippen LogP contribution in [0.2, 0.25) is 0 Å². The van der Waals surface area contributed by atoms with Gasteiger partial charge in [-0.3, -0.25) is 14.4 Å². The lowest BCUT2D eigenvalue weighted by Crippen LogP contribution is -2.51. The minimum Gasteiger partial charge on any atom is -0.484 e. The van der Waals surface area contributed by atoms with Crippen molar-refractivity contribution in [3.8, 4) is 5.75 Å². The van der Waals surface area contributed by atoms with Crippen LogP contribution in [0.5, 0.6) is 5.75 Å². The number of nitrogens with zero attached hydrogens (tertiary/aromatic N) is 2. The summed E-state index contributed by atoms with van der Waals surface area (Å²) < 4.78 is 10.3. The third-order valence-corrected chi connectivity index (χ3v) is 3.94. The average molecular weight is 348 g/mol. The van der Waals surface area contributed by atoms with Crippen molar-refractivity contribution in [2.24, 2.45) is 0 Å². The summed E-state index contributed by atoms with van der Waals surface area (Å²) in [5, 5.41) is 0. The molecule has 2 amide bonds. The molecule has 0 radical (unpaired) electrons. The van der Waals surface area contributed by atoms with E-state index in [0.717, 1.165) is 0 Å². The SMILES string of the molecule is CCOC(=O)CCC(=O)N1CCN(C(=O)COc2ccccc2)CC1. The summed E-state index contributed by atoms with van der Waals surface area (Å²) in [6.45, 7) is 3.93. The topological polar surface area (TPSA) is 76.2 Å². The van der Waals surface area contributed by atoms with Crippen molar-refractivity contribution in [1.82, 2.24) is 9.80 Å². The number of carbonyl (C=O) groups is 3. The number of benzene rings is 1. The van der Waals surface area contributed by atoms with E-state index < -0.39 is 0 Å². The molecule has 0 spiro atoms. The Bertz CT molecular complexity index is 582. The van der Waals surface area contributed by atoms with Crippen molar-refractivity contribution in [2.45, 2.75) is 19.8 Å². The Morgan fingerprint density at radius 2 is 1.52 bits per heavy atom. The normalized spacial score (nSPS) is 14.1. The van der Waals surface area contributed by atoms with Gasteiger partial charge in [0.05, 0.1) is 13.0 Å². The number of hydrogen-bond donors (Lipinski definition) is 0. The molecule has 0 bridgehead atoms. The van der Waals surface area contributed by atoms with Gasteiger partial charge >= 0.3 is 5.97 Å². The first-order valence-electron chi connectivity index (χ1n) is 8.49. The maximum Gasteiger partial charge on any atom is 0.306 e. The van der Waals surface area contributed by atoms with Gasteiger partial charge < -0.3 is 19.3 Å². The molecule has 1 aliphatic heterocycles. The summed E-state index contributed by atoms with van der Waals surface area (Å²) in [5.41, 5.74) is 0. The molecule has 0 saturated carbocycles. The smallest absolute Gasteiger partial charge is 0.306 e. The summed E-state index contributed by atoms with van der Waals surface area (Å²) in [6.07, 6.45) is 0.237. The number of ether oxygens (including phenoxy) is 2. The molecule has 7 heteroatoms. The standard InChI is InChI=1S/C18H24N2O5/c1-2-24-18(23)9-8-16(21)19-10-12-20(13-11-19)17(22)14-25-15-6-4-3-5-7-15/h3-7H,2,8-14H2,1H3. The van der Waals surface area contributed by atoms with Gasteiger partial charge in [0, 0.05) is 32.6 Å². The second-order valence-electron chi connectivity index (χ2n) is 5.67. The molecule has 0 unspecified atom stereocenters. The van der Waals surface area contributed by atoms with E-state index in [-0.39, 0.29) is 37.2 Å². The first-order valence-corrected chi connectivity index (χ1v) is 8.49. The van der Waals surface area contributed by atoms with Gasteiger partial charge in [-0.05, 0) is 19.1 Å². The van der Waals surface area contributed by atoms with Crippen LogP contribution >= 0.6 is 0 Å². The molecule has 1 aromatic rings. The Hall–Kier alpha value is -2.57. The second kappa shape index (κ2) is 9.66. The van der Waals surface area contributed by atoms with Crippen LogP contribution in [0.25, 0.3) is 0 Å². The zero-order chi connectivity index (χ0) is 18.1. The van der Waals surface area contributed by atoms with E-state index in [1.165, 1.54) is 0 Å². The van der Waals surface area contributed by atoms with Gasteiger partial charge in [0.15, 0.2) is 6.61 Å². The lowest BCUT2D eigenvalue weighted by Gasteiger charge is -2.34. The molecule has 1 saturated heterocycles. The monoisotopic (exact) mass is 348 g/mol. The molecule has 1 fully saturated rings. The molecule has 0 aromatic heterocycles. The lowest BCUT2D eigenvalue weighted by atomic mass is 10.2. The Morgan fingerprint density at radius 3 is 2.12 bits per heavy atom. The van der Waals surface area contributed by atoms with Crippen LogP contribution in [0.15, 0.2) is 30.3 Å². The molecule has 1 heterocycles. The number of rotatable bonds is 7. The highest BCUT2D eigenvalue weighted by Crippen LogP contribution is 2.10. The molecule has 0 atom stereocenters. The van der Waals surface area contributed by atoms with E-state index in [9.17, 15) is 14.4 Å². The first-order chi connectivity index (χ1) is 12.1.